The second-order valence-electron chi connectivity index (χ2n) is 4.48. The SMILES string of the molecule is COC(=O)c1ccc(COC(=O)N2CCNCC2)cc1. The fourth-order valence-corrected chi connectivity index (χ4v) is 1.94. The number of nitrogens with one attached hydrogen (secondary N) is 1. The molecule has 20 heavy (non-hydrogen) atoms. The Morgan fingerprint density at radius 3 is 2.45 bits per heavy atom. The molecule has 0 unspecified atom stereocenters. The van der Waals surface area contributed by atoms with Crippen molar-refractivity contribution in [3.8, 4) is 0 Å². The number of ether oxygens (including phenoxy) is 2. The molecular formula is C14H18N2O4. The zero-order valence-corrected chi connectivity index (χ0v) is 11.4. The van der Waals surface area contributed by atoms with Crippen LogP contribution in [0.25, 0.3) is 0 Å². The van der Waals surface area contributed by atoms with Crippen LogP contribution in [0.5, 0.6) is 0 Å². The molecule has 0 bridgehead atoms. The Hall–Kier alpha value is -2.08. The summed E-state index contributed by atoms with van der Waals surface area (Å²) in [5, 5.41) is 3.17. The van der Waals surface area contributed by atoms with Crippen molar-refractivity contribution in [3.05, 3.63) is 35.4 Å². The average molecular weight is 278 g/mol. The summed E-state index contributed by atoms with van der Waals surface area (Å²) in [6, 6.07) is 6.80. The van der Waals surface area contributed by atoms with Crippen LogP contribution in [0.4, 0.5) is 4.79 Å². The van der Waals surface area contributed by atoms with Crippen LogP contribution < -0.4 is 5.32 Å². The molecule has 1 aromatic carbocycles. The normalized spacial score (nSPS) is 14.8. The molecule has 6 heteroatoms. The lowest BCUT2D eigenvalue weighted by molar-refractivity contribution is 0.0600. The molecule has 6 nitrogen and oxygen atoms in total. The fourth-order valence-electron chi connectivity index (χ4n) is 1.94. The lowest BCUT2D eigenvalue weighted by Crippen LogP contribution is -2.46. The Morgan fingerprint density at radius 1 is 1.20 bits per heavy atom. The second-order valence-corrected chi connectivity index (χ2v) is 4.48. The number of hydrogen-bond acceptors (Lipinski definition) is 5. The minimum atomic E-state index is -0.380. The van der Waals surface area contributed by atoms with Gasteiger partial charge in [-0.2, -0.15) is 0 Å². The van der Waals surface area contributed by atoms with E-state index in [2.05, 4.69) is 10.1 Å². The van der Waals surface area contributed by atoms with Gasteiger partial charge in [-0.1, -0.05) is 12.1 Å². The Labute approximate surface area is 117 Å². The van der Waals surface area contributed by atoms with Crippen LogP contribution in [0.15, 0.2) is 24.3 Å². The van der Waals surface area contributed by atoms with E-state index < -0.39 is 0 Å². The van der Waals surface area contributed by atoms with Crippen molar-refractivity contribution in [2.75, 3.05) is 33.3 Å². The van der Waals surface area contributed by atoms with Gasteiger partial charge in [-0.25, -0.2) is 9.59 Å². The number of nitrogens with zero attached hydrogens (tertiary/aromatic N) is 1. The number of hydrogen-bond donors (Lipinski definition) is 1. The van der Waals surface area contributed by atoms with Crippen molar-refractivity contribution in [2.24, 2.45) is 0 Å². The van der Waals surface area contributed by atoms with E-state index in [4.69, 9.17) is 4.74 Å². The molecule has 1 fully saturated rings. The topological polar surface area (TPSA) is 67.9 Å². The maximum atomic E-state index is 11.8. The molecular weight excluding hydrogens is 260 g/mol. The zero-order valence-electron chi connectivity index (χ0n) is 11.4. The molecule has 108 valence electrons. The maximum absolute atomic E-state index is 11.8. The minimum absolute atomic E-state index is 0.199. The van der Waals surface area contributed by atoms with Gasteiger partial charge in [-0.15, -0.1) is 0 Å². The number of esters is 1. The Bertz CT molecular complexity index is 467. The predicted octanol–water partition coefficient (Wildman–Crippen LogP) is 1.01. The van der Waals surface area contributed by atoms with Gasteiger partial charge < -0.3 is 19.7 Å². The van der Waals surface area contributed by atoms with Crippen molar-refractivity contribution >= 4 is 12.1 Å². The molecule has 1 amide bonds. The molecule has 0 aliphatic carbocycles. The average Bonchev–Trinajstić information content (AvgIpc) is 2.53. The maximum Gasteiger partial charge on any atom is 0.410 e. The largest absolute Gasteiger partial charge is 0.465 e. The van der Waals surface area contributed by atoms with Crippen molar-refractivity contribution in [1.29, 1.82) is 0 Å². The number of piperazine rings is 1. The summed E-state index contributed by atoms with van der Waals surface area (Å²) in [4.78, 5) is 24.8. The first-order valence-corrected chi connectivity index (χ1v) is 6.50. The van der Waals surface area contributed by atoms with Gasteiger partial charge in [0.25, 0.3) is 0 Å². The zero-order chi connectivity index (χ0) is 14.4. The highest BCUT2D eigenvalue weighted by atomic mass is 16.6. The Balaban J connectivity index is 1.84. The van der Waals surface area contributed by atoms with Crippen molar-refractivity contribution < 1.29 is 19.1 Å². The summed E-state index contributed by atoms with van der Waals surface area (Å²) < 4.78 is 9.85. The number of methoxy groups -OCH3 is 1. The molecule has 0 atom stereocenters. The third kappa shape index (κ3) is 3.71. The van der Waals surface area contributed by atoms with Gasteiger partial charge in [0.1, 0.15) is 6.61 Å². The molecule has 0 aromatic heterocycles. The van der Waals surface area contributed by atoms with Crippen LogP contribution >= 0.6 is 0 Å². The highest BCUT2D eigenvalue weighted by Gasteiger charge is 2.17. The van der Waals surface area contributed by atoms with Crippen molar-refractivity contribution in [1.82, 2.24) is 10.2 Å². The molecule has 1 saturated heterocycles. The molecule has 0 saturated carbocycles. The summed E-state index contributed by atoms with van der Waals surface area (Å²) in [5.41, 5.74) is 1.31. The first-order chi connectivity index (χ1) is 9.70. The summed E-state index contributed by atoms with van der Waals surface area (Å²) >= 11 is 0. The summed E-state index contributed by atoms with van der Waals surface area (Å²) in [6.45, 7) is 3.12. The van der Waals surface area contributed by atoms with Crippen molar-refractivity contribution in [2.45, 2.75) is 6.61 Å². The molecule has 1 aliphatic rings. The summed E-state index contributed by atoms with van der Waals surface area (Å²) in [6.07, 6.45) is -0.302. The van der Waals surface area contributed by atoms with E-state index in [-0.39, 0.29) is 18.7 Å². The first-order valence-electron chi connectivity index (χ1n) is 6.50. The lowest BCUT2D eigenvalue weighted by Gasteiger charge is -2.26. The van der Waals surface area contributed by atoms with Crippen LogP contribution in [0.2, 0.25) is 0 Å². The molecule has 1 heterocycles. The van der Waals surface area contributed by atoms with Crippen LogP contribution in [0.1, 0.15) is 15.9 Å². The van der Waals surface area contributed by atoms with E-state index in [1.165, 1.54) is 7.11 Å². The van der Waals surface area contributed by atoms with E-state index in [9.17, 15) is 9.59 Å². The molecule has 1 aromatic rings. The van der Waals surface area contributed by atoms with Crippen LogP contribution in [-0.4, -0.2) is 50.3 Å². The Kier molecular flexibility index (Phi) is 4.95. The number of rotatable bonds is 3. The summed E-state index contributed by atoms with van der Waals surface area (Å²) in [5.74, 6) is -0.380. The molecule has 0 radical (unpaired) electrons. The highest BCUT2D eigenvalue weighted by molar-refractivity contribution is 5.89. The second kappa shape index (κ2) is 6.91. The van der Waals surface area contributed by atoms with E-state index in [1.807, 2.05) is 0 Å². The molecule has 2 rings (SSSR count). The minimum Gasteiger partial charge on any atom is -0.465 e. The van der Waals surface area contributed by atoms with Gasteiger partial charge in [0.2, 0.25) is 0 Å². The van der Waals surface area contributed by atoms with Crippen LogP contribution in [-0.2, 0) is 16.1 Å². The number of amides is 1. The van der Waals surface area contributed by atoms with Crippen molar-refractivity contribution in [3.63, 3.8) is 0 Å². The number of carbonyl (C=O) groups is 2. The number of carbonyl (C=O) groups excluding carboxylic acids is 2. The van der Waals surface area contributed by atoms with Crippen LogP contribution in [0.3, 0.4) is 0 Å². The highest BCUT2D eigenvalue weighted by Crippen LogP contribution is 2.08. The van der Waals surface area contributed by atoms with Gasteiger partial charge >= 0.3 is 12.1 Å². The fraction of sp³-hybridized carbons (Fsp3) is 0.429. The quantitative estimate of drug-likeness (QED) is 0.836. The lowest BCUT2D eigenvalue weighted by atomic mass is 10.1. The first kappa shape index (κ1) is 14.3. The van der Waals surface area contributed by atoms with E-state index in [0.717, 1.165) is 18.7 Å². The smallest absolute Gasteiger partial charge is 0.410 e. The van der Waals surface area contributed by atoms with E-state index >= 15 is 0 Å². The monoisotopic (exact) mass is 278 g/mol. The van der Waals surface area contributed by atoms with Gasteiger partial charge in [-0.3, -0.25) is 0 Å². The standard InChI is InChI=1S/C14H18N2O4/c1-19-13(17)12-4-2-11(3-5-12)10-20-14(18)16-8-6-15-7-9-16/h2-5,15H,6-10H2,1H3. The molecule has 1 aliphatic heterocycles. The molecule has 0 spiro atoms. The van der Waals surface area contributed by atoms with E-state index in [1.54, 1.807) is 29.2 Å². The third-order valence-electron chi connectivity index (χ3n) is 3.11. The van der Waals surface area contributed by atoms with Gasteiger partial charge in [-0.05, 0) is 17.7 Å². The van der Waals surface area contributed by atoms with Gasteiger partial charge in [0, 0.05) is 26.2 Å². The Morgan fingerprint density at radius 2 is 1.85 bits per heavy atom. The molecule has 1 N–H and O–H groups in total. The number of benzene rings is 1. The van der Waals surface area contributed by atoms with Gasteiger partial charge in [0.15, 0.2) is 0 Å². The van der Waals surface area contributed by atoms with Gasteiger partial charge in [0.05, 0.1) is 12.7 Å². The van der Waals surface area contributed by atoms with E-state index in [0.29, 0.717) is 18.7 Å². The predicted molar refractivity (Wildman–Crippen MR) is 72.4 cm³/mol. The van der Waals surface area contributed by atoms with Crippen LogP contribution in [0, 0.1) is 0 Å². The third-order valence-corrected chi connectivity index (χ3v) is 3.11. The summed E-state index contributed by atoms with van der Waals surface area (Å²) in [7, 11) is 1.34.